The molecule has 0 bridgehead atoms. The van der Waals surface area contributed by atoms with Crippen LogP contribution in [0.1, 0.15) is 24.5 Å². The first-order valence-corrected chi connectivity index (χ1v) is 10.9. The first-order chi connectivity index (χ1) is 15.1. The molecular formula is C25H36N4O3. The van der Waals surface area contributed by atoms with Gasteiger partial charge in [-0.1, -0.05) is 24.3 Å². The van der Waals surface area contributed by atoms with Gasteiger partial charge in [-0.2, -0.15) is 0 Å². The summed E-state index contributed by atoms with van der Waals surface area (Å²) in [7, 11) is 7.38. The smallest absolute Gasteiger partial charge is 0.244 e. The van der Waals surface area contributed by atoms with Gasteiger partial charge in [0.15, 0.2) is 0 Å². The van der Waals surface area contributed by atoms with E-state index in [4.69, 9.17) is 5.73 Å². The molecule has 2 aromatic rings. The zero-order chi connectivity index (χ0) is 23.8. The molecule has 7 heteroatoms. The number of carbonyl (C=O) groups excluding carboxylic acids is 2. The van der Waals surface area contributed by atoms with E-state index in [1.165, 1.54) is 10.5 Å². The van der Waals surface area contributed by atoms with E-state index in [0.717, 1.165) is 24.1 Å². The van der Waals surface area contributed by atoms with Crippen LogP contribution in [0.2, 0.25) is 0 Å². The summed E-state index contributed by atoms with van der Waals surface area (Å²) < 4.78 is 0. The first kappa shape index (κ1) is 25.2. The number of hydrogen-bond acceptors (Lipinski definition) is 5. The van der Waals surface area contributed by atoms with E-state index in [1.54, 1.807) is 50.2 Å². The molecule has 174 valence electrons. The number of phenols is 1. The monoisotopic (exact) mass is 440 g/mol. The number of carbonyl (C=O) groups is 2. The molecule has 2 atom stereocenters. The molecule has 0 radical (unpaired) electrons. The molecule has 32 heavy (non-hydrogen) atoms. The van der Waals surface area contributed by atoms with Crippen molar-refractivity contribution in [1.82, 2.24) is 9.80 Å². The summed E-state index contributed by atoms with van der Waals surface area (Å²) in [4.78, 5) is 31.0. The minimum atomic E-state index is -0.767. The summed E-state index contributed by atoms with van der Waals surface area (Å²) in [6.07, 6.45) is 1.86. The summed E-state index contributed by atoms with van der Waals surface area (Å²) in [5, 5.41) is 9.46. The zero-order valence-electron chi connectivity index (χ0n) is 19.8. The highest BCUT2D eigenvalue weighted by Gasteiger charge is 2.30. The molecule has 0 saturated heterocycles. The lowest BCUT2D eigenvalue weighted by Gasteiger charge is -2.32. The maximum absolute atomic E-state index is 13.2. The van der Waals surface area contributed by atoms with Crippen LogP contribution in [0, 0.1) is 0 Å². The highest BCUT2D eigenvalue weighted by atomic mass is 16.3. The number of benzene rings is 2. The molecule has 7 nitrogen and oxygen atoms in total. The van der Waals surface area contributed by atoms with Crippen LogP contribution in [0.25, 0.3) is 0 Å². The van der Waals surface area contributed by atoms with Gasteiger partial charge in [-0.15, -0.1) is 0 Å². The van der Waals surface area contributed by atoms with Crippen LogP contribution in [0.4, 0.5) is 5.69 Å². The molecule has 2 aromatic carbocycles. The van der Waals surface area contributed by atoms with Crippen LogP contribution < -0.4 is 10.6 Å². The number of amides is 2. The topological polar surface area (TPSA) is 90.1 Å². The minimum Gasteiger partial charge on any atom is -0.508 e. The normalized spacial score (nSPS) is 12.7. The van der Waals surface area contributed by atoms with Crippen LogP contribution in [-0.4, -0.2) is 73.5 Å². The van der Waals surface area contributed by atoms with E-state index in [2.05, 4.69) is 24.3 Å². The second-order valence-corrected chi connectivity index (χ2v) is 8.58. The number of hydrogen-bond donors (Lipinski definition) is 2. The summed E-state index contributed by atoms with van der Waals surface area (Å²) in [5.74, 6) is -0.214. The summed E-state index contributed by atoms with van der Waals surface area (Å²) in [6, 6.07) is 13.6. The predicted octanol–water partition coefficient (Wildman–Crippen LogP) is 2.27. The molecule has 0 aliphatic rings. The lowest BCUT2D eigenvalue weighted by atomic mass is 10.0. The first-order valence-electron chi connectivity index (χ1n) is 10.9. The van der Waals surface area contributed by atoms with Gasteiger partial charge < -0.3 is 25.5 Å². The number of likely N-dealkylation sites (N-methyl/N-ethyl adjacent to an activating group) is 1. The van der Waals surface area contributed by atoms with E-state index in [0.29, 0.717) is 13.0 Å². The van der Waals surface area contributed by atoms with Crippen molar-refractivity contribution >= 4 is 17.5 Å². The second kappa shape index (κ2) is 11.5. The van der Waals surface area contributed by atoms with Crippen molar-refractivity contribution in [2.45, 2.75) is 38.3 Å². The van der Waals surface area contributed by atoms with Gasteiger partial charge in [0.25, 0.3) is 0 Å². The number of nitrogens with zero attached hydrogens (tertiary/aromatic N) is 3. The molecule has 2 amide bonds. The largest absolute Gasteiger partial charge is 0.508 e. The maximum atomic E-state index is 13.2. The van der Waals surface area contributed by atoms with Crippen molar-refractivity contribution in [2.75, 3.05) is 39.6 Å². The fraction of sp³-hybridized carbons (Fsp3) is 0.440. The van der Waals surface area contributed by atoms with Gasteiger partial charge in [0.05, 0.1) is 6.04 Å². The van der Waals surface area contributed by atoms with Gasteiger partial charge in [-0.25, -0.2) is 0 Å². The van der Waals surface area contributed by atoms with Gasteiger partial charge in [0.1, 0.15) is 11.8 Å². The zero-order valence-corrected chi connectivity index (χ0v) is 19.8. The van der Waals surface area contributed by atoms with E-state index in [-0.39, 0.29) is 17.6 Å². The fourth-order valence-corrected chi connectivity index (χ4v) is 3.60. The average molecular weight is 441 g/mol. The van der Waals surface area contributed by atoms with E-state index in [1.807, 2.05) is 19.0 Å². The Morgan fingerprint density at radius 3 is 2.00 bits per heavy atom. The Kier molecular flexibility index (Phi) is 9.08. The summed E-state index contributed by atoms with van der Waals surface area (Å²) in [6.45, 7) is 2.19. The summed E-state index contributed by atoms with van der Waals surface area (Å²) in [5.41, 5.74) is 9.42. The Morgan fingerprint density at radius 2 is 1.47 bits per heavy atom. The third-order valence-corrected chi connectivity index (χ3v) is 5.58. The van der Waals surface area contributed by atoms with Gasteiger partial charge in [-0.05, 0) is 61.6 Å². The lowest BCUT2D eigenvalue weighted by Crippen LogP contribution is -2.53. The molecule has 0 saturated carbocycles. The molecule has 0 aliphatic carbocycles. The molecule has 0 spiro atoms. The second-order valence-electron chi connectivity index (χ2n) is 8.58. The Hall–Kier alpha value is -3.06. The number of nitrogens with two attached hydrogens (primary N) is 1. The number of anilines is 1. The van der Waals surface area contributed by atoms with Gasteiger partial charge in [0.2, 0.25) is 11.8 Å². The lowest BCUT2D eigenvalue weighted by molar-refractivity contribution is -0.144. The Morgan fingerprint density at radius 1 is 0.906 bits per heavy atom. The van der Waals surface area contributed by atoms with Crippen LogP contribution in [-0.2, 0) is 22.4 Å². The van der Waals surface area contributed by atoms with Crippen molar-refractivity contribution in [3.8, 4) is 5.75 Å². The van der Waals surface area contributed by atoms with Crippen LogP contribution in [0.3, 0.4) is 0 Å². The van der Waals surface area contributed by atoms with Crippen molar-refractivity contribution in [2.24, 2.45) is 5.73 Å². The quantitative estimate of drug-likeness (QED) is 0.592. The van der Waals surface area contributed by atoms with Crippen LogP contribution in [0.5, 0.6) is 5.75 Å². The average Bonchev–Trinajstić information content (AvgIpc) is 2.77. The number of phenolic OH excluding ortho intramolecular Hbond substituents is 1. The van der Waals surface area contributed by atoms with Crippen molar-refractivity contribution in [3.63, 3.8) is 0 Å². The van der Waals surface area contributed by atoms with E-state index >= 15 is 0 Å². The van der Waals surface area contributed by atoms with E-state index < -0.39 is 12.1 Å². The molecule has 1 unspecified atom stereocenters. The van der Waals surface area contributed by atoms with E-state index in [9.17, 15) is 14.7 Å². The maximum Gasteiger partial charge on any atom is 0.244 e. The van der Waals surface area contributed by atoms with Crippen molar-refractivity contribution in [1.29, 1.82) is 0 Å². The number of aryl methyl sites for hydroxylation is 1. The molecule has 0 aromatic heterocycles. The third-order valence-electron chi connectivity index (χ3n) is 5.58. The van der Waals surface area contributed by atoms with Crippen molar-refractivity contribution in [3.05, 3.63) is 59.7 Å². The van der Waals surface area contributed by atoms with Gasteiger partial charge in [0, 0.05) is 40.4 Å². The highest BCUT2D eigenvalue weighted by Crippen LogP contribution is 2.16. The third kappa shape index (κ3) is 6.99. The Balaban J connectivity index is 2.07. The number of rotatable bonds is 10. The molecule has 3 N–H and O–H groups in total. The molecule has 0 fully saturated rings. The van der Waals surface area contributed by atoms with Crippen LogP contribution >= 0.6 is 0 Å². The molecule has 2 rings (SSSR count). The minimum absolute atomic E-state index is 0.134. The SMILES string of the molecule is C[C@H](C(=O)N(C)C)N(CCCc1ccc(N(C)C)cc1)C(=O)C(N)Cc1ccc(O)cc1. The fourth-order valence-electron chi connectivity index (χ4n) is 3.60. The van der Waals surface area contributed by atoms with Crippen molar-refractivity contribution < 1.29 is 14.7 Å². The summed E-state index contributed by atoms with van der Waals surface area (Å²) >= 11 is 0. The Bertz CT molecular complexity index is 879. The van der Waals surface area contributed by atoms with Gasteiger partial charge >= 0.3 is 0 Å². The predicted molar refractivity (Wildman–Crippen MR) is 129 cm³/mol. The molecule has 0 aliphatic heterocycles. The highest BCUT2D eigenvalue weighted by molar-refractivity contribution is 5.89. The van der Waals surface area contributed by atoms with Gasteiger partial charge in [-0.3, -0.25) is 9.59 Å². The molecular weight excluding hydrogens is 404 g/mol. The van der Waals surface area contributed by atoms with Crippen LogP contribution in [0.15, 0.2) is 48.5 Å². The Labute approximate surface area is 191 Å². The standard InChI is InChI=1S/C25H36N4O3/c1-18(24(31)28(4)5)29(16-6-7-19-8-12-21(13-9-19)27(2)3)25(32)23(26)17-20-10-14-22(30)15-11-20/h8-15,18,23,30H,6-7,16-17,26H2,1-5H3/t18-,23?/m1/s1. The number of aromatic hydroxyl groups is 1. The molecule has 0 heterocycles.